The van der Waals surface area contributed by atoms with E-state index in [1.807, 2.05) is 0 Å². The third-order valence-electron chi connectivity index (χ3n) is 1.97. The van der Waals surface area contributed by atoms with Crippen molar-refractivity contribution < 1.29 is 0 Å². The maximum absolute atomic E-state index is 2.42. The molecule has 1 aliphatic rings. The Labute approximate surface area is 58.0 Å². The van der Waals surface area contributed by atoms with Crippen molar-refractivity contribution in [2.75, 3.05) is 0 Å². The lowest BCUT2D eigenvalue weighted by Crippen LogP contribution is -1.86. The fraction of sp³-hybridized carbons (Fsp3) is 0.778. The third kappa shape index (κ3) is 2.21. The zero-order valence-electron chi connectivity index (χ0n) is 6.48. The van der Waals surface area contributed by atoms with Crippen molar-refractivity contribution in [2.24, 2.45) is 5.92 Å². The molecule has 0 aliphatic heterocycles. The Bertz CT molecular complexity index is 101. The van der Waals surface area contributed by atoms with Crippen LogP contribution in [-0.2, 0) is 0 Å². The van der Waals surface area contributed by atoms with Gasteiger partial charge in [-0.1, -0.05) is 24.5 Å². The van der Waals surface area contributed by atoms with Crippen LogP contribution < -0.4 is 0 Å². The van der Waals surface area contributed by atoms with Crippen molar-refractivity contribution in [3.63, 3.8) is 0 Å². The maximum Gasteiger partial charge on any atom is -0.0231 e. The van der Waals surface area contributed by atoms with Gasteiger partial charge in [-0.15, -0.1) is 0 Å². The molecule has 0 heteroatoms. The van der Waals surface area contributed by atoms with E-state index >= 15 is 0 Å². The first kappa shape index (κ1) is 6.85. The van der Waals surface area contributed by atoms with Gasteiger partial charge in [-0.25, -0.2) is 0 Å². The highest BCUT2D eigenvalue weighted by Crippen LogP contribution is 2.26. The van der Waals surface area contributed by atoms with Gasteiger partial charge in [-0.2, -0.15) is 0 Å². The van der Waals surface area contributed by atoms with E-state index in [1.165, 1.54) is 31.3 Å². The lowest BCUT2D eigenvalue weighted by Gasteiger charge is -2.00. The molecular weight excluding hydrogens is 108 g/mol. The van der Waals surface area contributed by atoms with Crippen LogP contribution in [0.25, 0.3) is 0 Å². The minimum Gasteiger partial charge on any atom is -0.0828 e. The van der Waals surface area contributed by atoms with E-state index in [0.717, 1.165) is 5.92 Å². The zero-order chi connectivity index (χ0) is 6.69. The third-order valence-corrected chi connectivity index (χ3v) is 1.97. The van der Waals surface area contributed by atoms with Crippen molar-refractivity contribution in [1.29, 1.82) is 0 Å². The molecule has 0 bridgehead atoms. The molecule has 0 aromatic carbocycles. The topological polar surface area (TPSA) is 0 Å². The molecule has 0 saturated heterocycles. The molecule has 0 aromatic heterocycles. The normalized spacial score (nSPS) is 20.2. The minimum absolute atomic E-state index is 0.926. The van der Waals surface area contributed by atoms with Crippen LogP contribution in [0.5, 0.6) is 0 Å². The van der Waals surface area contributed by atoms with E-state index in [9.17, 15) is 0 Å². The van der Waals surface area contributed by atoms with Gasteiger partial charge in [-0.3, -0.25) is 0 Å². The van der Waals surface area contributed by atoms with Crippen LogP contribution >= 0.6 is 0 Å². The van der Waals surface area contributed by atoms with E-state index in [2.05, 4.69) is 19.9 Å². The average molecular weight is 124 g/mol. The lowest BCUT2D eigenvalue weighted by atomic mass is 10.1. The van der Waals surface area contributed by atoms with Crippen molar-refractivity contribution in [3.8, 4) is 0 Å². The molecule has 0 atom stereocenters. The summed E-state index contributed by atoms with van der Waals surface area (Å²) < 4.78 is 0. The average Bonchev–Trinajstić information content (AvgIpc) is 2.15. The standard InChI is InChI=1S/C9H16/c1-8(2)7-9-5-3-4-6-9/h7,9H,3-6H2,1-2H3. The first-order valence-corrected chi connectivity index (χ1v) is 3.94. The molecule has 1 rings (SSSR count). The summed E-state index contributed by atoms with van der Waals surface area (Å²) in [5.41, 5.74) is 1.49. The Morgan fingerprint density at radius 3 is 2.22 bits per heavy atom. The molecule has 9 heavy (non-hydrogen) atoms. The Kier molecular flexibility index (Phi) is 2.32. The Morgan fingerprint density at radius 2 is 1.78 bits per heavy atom. The first-order valence-electron chi connectivity index (χ1n) is 3.94. The Hall–Kier alpha value is -0.260. The quantitative estimate of drug-likeness (QED) is 0.471. The van der Waals surface area contributed by atoms with E-state index in [0.29, 0.717) is 0 Å². The van der Waals surface area contributed by atoms with Crippen LogP contribution in [0.4, 0.5) is 0 Å². The number of allylic oxidation sites excluding steroid dienone is 2. The van der Waals surface area contributed by atoms with Crippen LogP contribution in [0.2, 0.25) is 0 Å². The molecule has 52 valence electrons. The first-order chi connectivity index (χ1) is 4.29. The molecule has 0 N–H and O–H groups in total. The van der Waals surface area contributed by atoms with Crippen LogP contribution in [0, 0.1) is 5.92 Å². The molecule has 0 radical (unpaired) electrons. The van der Waals surface area contributed by atoms with Crippen LogP contribution in [0.15, 0.2) is 11.6 Å². The van der Waals surface area contributed by atoms with Crippen LogP contribution in [-0.4, -0.2) is 0 Å². The largest absolute Gasteiger partial charge is 0.0828 e. The molecule has 0 aromatic rings. The summed E-state index contributed by atoms with van der Waals surface area (Å²) in [6, 6.07) is 0. The number of hydrogen-bond acceptors (Lipinski definition) is 0. The lowest BCUT2D eigenvalue weighted by molar-refractivity contribution is 0.680. The van der Waals surface area contributed by atoms with Crippen molar-refractivity contribution in [1.82, 2.24) is 0 Å². The predicted molar refractivity (Wildman–Crippen MR) is 41.4 cm³/mol. The second-order valence-electron chi connectivity index (χ2n) is 3.29. The minimum atomic E-state index is 0.926. The van der Waals surface area contributed by atoms with Crippen LogP contribution in [0.3, 0.4) is 0 Å². The van der Waals surface area contributed by atoms with Crippen molar-refractivity contribution >= 4 is 0 Å². The summed E-state index contributed by atoms with van der Waals surface area (Å²) in [6.45, 7) is 4.39. The van der Waals surface area contributed by atoms with Gasteiger partial charge in [-0.05, 0) is 32.6 Å². The van der Waals surface area contributed by atoms with Gasteiger partial charge in [0.2, 0.25) is 0 Å². The fourth-order valence-electron chi connectivity index (χ4n) is 1.60. The van der Waals surface area contributed by atoms with Gasteiger partial charge >= 0.3 is 0 Å². The summed E-state index contributed by atoms with van der Waals surface area (Å²) in [5.74, 6) is 0.926. The molecule has 0 unspecified atom stereocenters. The second-order valence-corrected chi connectivity index (χ2v) is 3.29. The molecule has 1 aliphatic carbocycles. The van der Waals surface area contributed by atoms with E-state index in [1.54, 1.807) is 0 Å². The van der Waals surface area contributed by atoms with Gasteiger partial charge in [0.1, 0.15) is 0 Å². The Balaban J connectivity index is 2.35. The van der Waals surface area contributed by atoms with E-state index < -0.39 is 0 Å². The number of hydrogen-bond donors (Lipinski definition) is 0. The van der Waals surface area contributed by atoms with Gasteiger partial charge in [0.25, 0.3) is 0 Å². The summed E-state index contributed by atoms with van der Waals surface area (Å²) >= 11 is 0. The van der Waals surface area contributed by atoms with Gasteiger partial charge in [0, 0.05) is 0 Å². The highest BCUT2D eigenvalue weighted by Gasteiger charge is 2.10. The zero-order valence-corrected chi connectivity index (χ0v) is 6.48. The van der Waals surface area contributed by atoms with Crippen LogP contribution in [0.1, 0.15) is 39.5 Å². The summed E-state index contributed by atoms with van der Waals surface area (Å²) in [6.07, 6.45) is 8.20. The molecule has 0 heterocycles. The van der Waals surface area contributed by atoms with Gasteiger partial charge in [0.15, 0.2) is 0 Å². The fourth-order valence-corrected chi connectivity index (χ4v) is 1.60. The highest BCUT2D eigenvalue weighted by molar-refractivity contribution is 4.98. The molecule has 1 fully saturated rings. The van der Waals surface area contributed by atoms with E-state index in [-0.39, 0.29) is 0 Å². The van der Waals surface area contributed by atoms with Crippen molar-refractivity contribution in [3.05, 3.63) is 11.6 Å². The molecule has 1 saturated carbocycles. The highest BCUT2D eigenvalue weighted by atomic mass is 14.2. The van der Waals surface area contributed by atoms with E-state index in [4.69, 9.17) is 0 Å². The molecule has 0 nitrogen and oxygen atoms in total. The monoisotopic (exact) mass is 124 g/mol. The molecule has 0 spiro atoms. The Morgan fingerprint density at radius 1 is 1.22 bits per heavy atom. The van der Waals surface area contributed by atoms with Gasteiger partial charge < -0.3 is 0 Å². The molecular formula is C9H16. The summed E-state index contributed by atoms with van der Waals surface area (Å²) in [7, 11) is 0. The predicted octanol–water partition coefficient (Wildman–Crippen LogP) is 3.14. The SMILES string of the molecule is CC(C)=CC1CCCC1. The second kappa shape index (κ2) is 3.05. The summed E-state index contributed by atoms with van der Waals surface area (Å²) in [4.78, 5) is 0. The van der Waals surface area contributed by atoms with Crippen molar-refractivity contribution in [2.45, 2.75) is 39.5 Å². The molecule has 0 amide bonds. The summed E-state index contributed by atoms with van der Waals surface area (Å²) in [5, 5.41) is 0. The van der Waals surface area contributed by atoms with Gasteiger partial charge in [0.05, 0.1) is 0 Å². The maximum atomic E-state index is 2.42. The number of rotatable bonds is 1. The smallest absolute Gasteiger partial charge is 0.0231 e.